The van der Waals surface area contributed by atoms with Gasteiger partial charge in [-0.3, -0.25) is 19.8 Å². The van der Waals surface area contributed by atoms with Crippen molar-refractivity contribution in [3.05, 3.63) is 87.7 Å². The predicted molar refractivity (Wildman–Crippen MR) is 125 cm³/mol. The number of barbiturate groups is 1. The zero-order valence-electron chi connectivity index (χ0n) is 18.4. The van der Waals surface area contributed by atoms with Gasteiger partial charge < -0.3 is 9.30 Å². The number of imide groups is 2. The van der Waals surface area contributed by atoms with Crippen molar-refractivity contribution < 1.29 is 19.1 Å². The van der Waals surface area contributed by atoms with Gasteiger partial charge >= 0.3 is 6.03 Å². The lowest BCUT2D eigenvalue weighted by molar-refractivity contribution is -0.129. The van der Waals surface area contributed by atoms with E-state index in [4.69, 9.17) is 16.3 Å². The molecule has 4 amide bonds. The van der Waals surface area contributed by atoms with E-state index < -0.39 is 17.8 Å². The van der Waals surface area contributed by atoms with Crippen LogP contribution in [0.3, 0.4) is 0 Å². The third-order valence-corrected chi connectivity index (χ3v) is 5.89. The van der Waals surface area contributed by atoms with Gasteiger partial charge in [-0.2, -0.15) is 0 Å². The molecule has 1 saturated heterocycles. The first-order valence-electron chi connectivity index (χ1n) is 10.3. The third-order valence-electron chi connectivity index (χ3n) is 5.52. The molecule has 0 aliphatic carbocycles. The van der Waals surface area contributed by atoms with Crippen molar-refractivity contribution in [3.63, 3.8) is 0 Å². The maximum atomic E-state index is 12.4. The summed E-state index contributed by atoms with van der Waals surface area (Å²) in [6.45, 7) is 4.21. The average molecular weight is 464 g/mol. The fraction of sp³-hybridized carbons (Fsp3) is 0.160. The van der Waals surface area contributed by atoms with Crippen LogP contribution in [0.5, 0.6) is 5.75 Å². The molecule has 1 aliphatic heterocycles. The Morgan fingerprint density at radius 1 is 1.03 bits per heavy atom. The number of rotatable bonds is 5. The number of likely N-dealkylation sites (N-methyl/N-ethyl adjacent to an activating group) is 1. The van der Waals surface area contributed by atoms with Crippen LogP contribution in [0.4, 0.5) is 4.79 Å². The van der Waals surface area contributed by atoms with Gasteiger partial charge in [-0.15, -0.1) is 0 Å². The van der Waals surface area contributed by atoms with Crippen molar-refractivity contribution >= 4 is 35.5 Å². The number of carbonyl (C=O) groups is 3. The normalized spacial score (nSPS) is 15.2. The number of halogens is 1. The van der Waals surface area contributed by atoms with E-state index in [-0.39, 0.29) is 5.57 Å². The molecular weight excluding hydrogens is 442 g/mol. The quantitative estimate of drug-likeness (QED) is 0.448. The number of aryl methyl sites for hydroxylation is 1. The Labute approximate surface area is 196 Å². The Bertz CT molecular complexity index is 1290. The number of nitrogens with zero attached hydrogens (tertiary/aromatic N) is 2. The van der Waals surface area contributed by atoms with Crippen molar-refractivity contribution in [2.45, 2.75) is 20.5 Å². The van der Waals surface area contributed by atoms with E-state index in [1.807, 2.05) is 73.0 Å². The van der Waals surface area contributed by atoms with E-state index >= 15 is 0 Å². The Morgan fingerprint density at radius 2 is 1.73 bits per heavy atom. The molecule has 168 valence electrons. The molecule has 33 heavy (non-hydrogen) atoms. The second-order valence-corrected chi connectivity index (χ2v) is 8.12. The number of hydrogen-bond acceptors (Lipinski definition) is 4. The van der Waals surface area contributed by atoms with E-state index in [9.17, 15) is 14.4 Å². The van der Waals surface area contributed by atoms with Crippen LogP contribution in [0.2, 0.25) is 5.02 Å². The van der Waals surface area contributed by atoms with Gasteiger partial charge in [0.05, 0.1) is 0 Å². The van der Waals surface area contributed by atoms with Gasteiger partial charge in [0.25, 0.3) is 11.8 Å². The minimum Gasteiger partial charge on any atom is -0.489 e. The van der Waals surface area contributed by atoms with Gasteiger partial charge in [-0.25, -0.2) is 4.79 Å². The van der Waals surface area contributed by atoms with Crippen molar-refractivity contribution in [3.8, 4) is 11.4 Å². The summed E-state index contributed by atoms with van der Waals surface area (Å²) in [5, 5.41) is 2.83. The first-order valence-corrected chi connectivity index (χ1v) is 10.6. The molecule has 0 bridgehead atoms. The SMILES string of the molecule is Cc1cc(/C=C2/C(=O)NC(=O)N(C)C2=O)c(C)n1-c1ccc(OCc2ccccc2Cl)cc1. The van der Waals surface area contributed by atoms with Crippen molar-refractivity contribution in [1.82, 2.24) is 14.8 Å². The number of aromatic nitrogens is 1. The van der Waals surface area contributed by atoms with Crippen molar-refractivity contribution in [2.24, 2.45) is 0 Å². The molecule has 2 heterocycles. The smallest absolute Gasteiger partial charge is 0.331 e. The van der Waals surface area contributed by atoms with Gasteiger partial charge in [0, 0.05) is 34.7 Å². The molecule has 4 rings (SSSR count). The summed E-state index contributed by atoms with van der Waals surface area (Å²) < 4.78 is 7.87. The van der Waals surface area contributed by atoms with Crippen molar-refractivity contribution in [2.75, 3.05) is 7.05 Å². The molecular formula is C25H22ClN3O4. The molecule has 2 aromatic carbocycles. The molecule has 3 aromatic rings. The minimum atomic E-state index is -0.732. The van der Waals surface area contributed by atoms with Gasteiger partial charge in [0.15, 0.2) is 0 Å². The number of benzene rings is 2. The highest BCUT2D eigenvalue weighted by molar-refractivity contribution is 6.31. The monoisotopic (exact) mass is 463 g/mol. The molecule has 0 unspecified atom stereocenters. The Hall–Kier alpha value is -3.84. The van der Waals surface area contributed by atoms with Crippen LogP contribution >= 0.6 is 11.6 Å². The fourth-order valence-corrected chi connectivity index (χ4v) is 3.89. The molecule has 8 heteroatoms. The largest absolute Gasteiger partial charge is 0.489 e. The van der Waals surface area contributed by atoms with Crippen LogP contribution in [0.15, 0.2) is 60.2 Å². The molecule has 7 nitrogen and oxygen atoms in total. The minimum absolute atomic E-state index is 0.0827. The number of hydrogen-bond donors (Lipinski definition) is 1. The van der Waals surface area contributed by atoms with Gasteiger partial charge in [-0.1, -0.05) is 29.8 Å². The number of ether oxygens (including phenoxy) is 1. The standard InChI is InChI=1S/C25H22ClN3O4/c1-15-12-18(13-21-23(30)27-25(32)28(3)24(21)31)16(2)29(15)19-8-10-20(11-9-19)33-14-17-6-4-5-7-22(17)26/h4-13H,14H2,1-3H3,(H,27,30,32)/b21-13-. The molecule has 0 radical (unpaired) electrons. The molecule has 0 atom stereocenters. The highest BCUT2D eigenvalue weighted by Crippen LogP contribution is 2.26. The summed E-state index contributed by atoms with van der Waals surface area (Å²) in [5.41, 5.74) is 4.23. The Morgan fingerprint density at radius 3 is 2.42 bits per heavy atom. The third kappa shape index (κ3) is 4.40. The van der Waals surface area contributed by atoms with Crippen LogP contribution in [0.1, 0.15) is 22.5 Å². The highest BCUT2D eigenvalue weighted by atomic mass is 35.5. The lowest BCUT2D eigenvalue weighted by atomic mass is 10.1. The Balaban J connectivity index is 1.57. The van der Waals surface area contributed by atoms with Gasteiger partial charge in [0.1, 0.15) is 17.9 Å². The molecule has 1 aliphatic rings. The maximum Gasteiger partial charge on any atom is 0.331 e. The first kappa shape index (κ1) is 22.4. The lowest BCUT2D eigenvalue weighted by Gasteiger charge is -2.22. The number of amides is 4. The summed E-state index contributed by atoms with van der Waals surface area (Å²) in [6.07, 6.45) is 1.51. The summed E-state index contributed by atoms with van der Waals surface area (Å²) in [4.78, 5) is 37.1. The van der Waals surface area contributed by atoms with Crippen LogP contribution in [0.25, 0.3) is 11.8 Å². The summed E-state index contributed by atoms with van der Waals surface area (Å²) >= 11 is 6.18. The first-order chi connectivity index (χ1) is 15.8. The number of carbonyl (C=O) groups excluding carboxylic acids is 3. The summed E-state index contributed by atoms with van der Waals surface area (Å²) in [6, 6.07) is 16.3. The Kier molecular flexibility index (Phi) is 6.07. The van der Waals surface area contributed by atoms with Crippen LogP contribution < -0.4 is 10.1 Å². The topological polar surface area (TPSA) is 80.6 Å². The summed E-state index contributed by atoms with van der Waals surface area (Å²) in [5.74, 6) is -0.623. The lowest BCUT2D eigenvalue weighted by Crippen LogP contribution is -2.52. The second kappa shape index (κ2) is 8.96. The van der Waals surface area contributed by atoms with E-state index in [2.05, 4.69) is 5.32 Å². The second-order valence-electron chi connectivity index (χ2n) is 7.72. The zero-order chi connectivity index (χ0) is 23.7. The number of nitrogens with one attached hydrogen (secondary N) is 1. The van der Waals surface area contributed by atoms with Gasteiger partial charge in [0.2, 0.25) is 0 Å². The van der Waals surface area contributed by atoms with E-state index in [0.29, 0.717) is 22.9 Å². The molecule has 1 N–H and O–H groups in total. The van der Waals surface area contributed by atoms with E-state index in [1.54, 1.807) is 0 Å². The molecule has 1 aromatic heterocycles. The predicted octanol–water partition coefficient (Wildman–Crippen LogP) is 4.42. The van der Waals surface area contributed by atoms with Crippen molar-refractivity contribution in [1.29, 1.82) is 0 Å². The highest BCUT2D eigenvalue weighted by Gasteiger charge is 2.33. The van der Waals surface area contributed by atoms with Gasteiger partial charge in [-0.05, 0) is 61.9 Å². The average Bonchev–Trinajstić information content (AvgIpc) is 3.08. The van der Waals surface area contributed by atoms with Crippen LogP contribution in [-0.2, 0) is 16.2 Å². The zero-order valence-corrected chi connectivity index (χ0v) is 19.1. The van der Waals surface area contributed by atoms with Crippen LogP contribution in [0, 0.1) is 13.8 Å². The maximum absolute atomic E-state index is 12.4. The molecule has 1 fully saturated rings. The molecule has 0 spiro atoms. The van der Waals surface area contributed by atoms with Crippen LogP contribution in [-0.4, -0.2) is 34.4 Å². The van der Waals surface area contributed by atoms with E-state index in [1.165, 1.54) is 13.1 Å². The summed E-state index contributed by atoms with van der Waals surface area (Å²) in [7, 11) is 1.33. The molecule has 0 saturated carbocycles. The van der Waals surface area contributed by atoms with E-state index in [0.717, 1.165) is 27.5 Å². The number of urea groups is 1. The fourth-order valence-electron chi connectivity index (χ4n) is 3.70.